The number of nitrogens with zero attached hydrogens (tertiary/aromatic N) is 2. The van der Waals surface area contributed by atoms with E-state index in [2.05, 4.69) is 17.1 Å². The van der Waals surface area contributed by atoms with E-state index in [0.29, 0.717) is 5.89 Å². The fraction of sp³-hybridized carbons (Fsp3) is 0.867. The molecule has 0 aliphatic carbocycles. The monoisotopic (exact) mass is 267 g/mol. The highest BCUT2D eigenvalue weighted by atomic mass is 16.4. The lowest BCUT2D eigenvalue weighted by Gasteiger charge is -2.01. The molecule has 1 aromatic rings. The van der Waals surface area contributed by atoms with Gasteiger partial charge in [-0.1, -0.05) is 76.2 Å². The first-order chi connectivity index (χ1) is 9.33. The highest BCUT2D eigenvalue weighted by Gasteiger charge is 2.01. The van der Waals surface area contributed by atoms with E-state index in [9.17, 15) is 0 Å². The largest absolute Gasteiger partial charge is 0.408 e. The molecule has 4 heteroatoms. The fourth-order valence-corrected chi connectivity index (χ4v) is 2.31. The van der Waals surface area contributed by atoms with Crippen LogP contribution in [0.5, 0.6) is 0 Å². The zero-order valence-electron chi connectivity index (χ0n) is 12.4. The van der Waals surface area contributed by atoms with E-state index >= 15 is 0 Å². The van der Waals surface area contributed by atoms with E-state index < -0.39 is 0 Å². The summed E-state index contributed by atoms with van der Waals surface area (Å²) in [5.41, 5.74) is 5.37. The van der Waals surface area contributed by atoms with Crippen molar-refractivity contribution < 1.29 is 4.42 Å². The van der Waals surface area contributed by atoms with Crippen LogP contribution in [0.15, 0.2) is 4.42 Å². The average molecular weight is 267 g/mol. The molecule has 0 fully saturated rings. The molecule has 0 aliphatic rings. The van der Waals surface area contributed by atoms with Crippen molar-refractivity contribution in [3.05, 3.63) is 5.89 Å². The van der Waals surface area contributed by atoms with E-state index in [1.54, 1.807) is 0 Å². The molecule has 0 aliphatic heterocycles. The smallest absolute Gasteiger partial charge is 0.312 e. The van der Waals surface area contributed by atoms with Gasteiger partial charge in [-0.3, -0.25) is 0 Å². The third-order valence-corrected chi connectivity index (χ3v) is 3.48. The Hall–Kier alpha value is -1.06. The van der Waals surface area contributed by atoms with Crippen molar-refractivity contribution in [2.75, 3.05) is 5.73 Å². The Morgan fingerprint density at radius 1 is 0.789 bits per heavy atom. The molecule has 0 saturated carbocycles. The molecule has 2 N–H and O–H groups in total. The molecule has 19 heavy (non-hydrogen) atoms. The van der Waals surface area contributed by atoms with Gasteiger partial charge >= 0.3 is 6.01 Å². The van der Waals surface area contributed by atoms with Crippen molar-refractivity contribution in [2.45, 2.75) is 84.0 Å². The van der Waals surface area contributed by atoms with E-state index in [1.165, 1.54) is 64.2 Å². The van der Waals surface area contributed by atoms with Crippen LogP contribution in [0.25, 0.3) is 0 Å². The molecule has 0 saturated heterocycles. The minimum atomic E-state index is 0.179. The van der Waals surface area contributed by atoms with Gasteiger partial charge in [0.2, 0.25) is 5.89 Å². The standard InChI is InChI=1S/C15H29N3O/c1-2-3-4-5-6-7-8-9-10-11-12-13-14-17-18-15(16)19-14/h2-13H2,1H3,(H2,16,18). The van der Waals surface area contributed by atoms with Gasteiger partial charge in [-0.05, 0) is 6.42 Å². The average Bonchev–Trinajstić information content (AvgIpc) is 2.82. The maximum atomic E-state index is 5.37. The maximum Gasteiger partial charge on any atom is 0.312 e. The van der Waals surface area contributed by atoms with Crippen molar-refractivity contribution in [3.63, 3.8) is 0 Å². The number of unbranched alkanes of at least 4 members (excludes halogenated alkanes) is 10. The van der Waals surface area contributed by atoms with Gasteiger partial charge in [0, 0.05) is 6.42 Å². The molecule has 0 bridgehead atoms. The maximum absolute atomic E-state index is 5.37. The highest BCUT2D eigenvalue weighted by molar-refractivity contribution is 5.04. The Kier molecular flexibility index (Phi) is 9.11. The molecule has 4 nitrogen and oxygen atoms in total. The summed E-state index contributed by atoms with van der Waals surface area (Å²) in [6, 6.07) is 0.179. The lowest BCUT2D eigenvalue weighted by atomic mass is 10.1. The first-order valence-electron chi connectivity index (χ1n) is 7.90. The Morgan fingerprint density at radius 2 is 1.32 bits per heavy atom. The van der Waals surface area contributed by atoms with Crippen molar-refractivity contribution in [3.8, 4) is 0 Å². The summed E-state index contributed by atoms with van der Waals surface area (Å²) in [7, 11) is 0. The lowest BCUT2D eigenvalue weighted by Crippen LogP contribution is -1.87. The van der Waals surface area contributed by atoms with Gasteiger partial charge in [0.05, 0.1) is 0 Å². The lowest BCUT2D eigenvalue weighted by molar-refractivity contribution is 0.488. The van der Waals surface area contributed by atoms with Crippen LogP contribution in [0.3, 0.4) is 0 Å². The van der Waals surface area contributed by atoms with E-state index in [-0.39, 0.29) is 6.01 Å². The second-order valence-electron chi connectivity index (χ2n) is 5.32. The van der Waals surface area contributed by atoms with Gasteiger partial charge in [-0.2, -0.15) is 0 Å². The van der Waals surface area contributed by atoms with Crippen LogP contribution < -0.4 is 5.73 Å². The molecule has 1 heterocycles. The topological polar surface area (TPSA) is 64.9 Å². The molecular formula is C15H29N3O. The summed E-state index contributed by atoms with van der Waals surface area (Å²) >= 11 is 0. The first kappa shape index (κ1) is 16.0. The van der Waals surface area contributed by atoms with Crippen molar-refractivity contribution >= 4 is 6.01 Å². The quantitative estimate of drug-likeness (QED) is 0.566. The van der Waals surface area contributed by atoms with E-state index in [0.717, 1.165) is 12.8 Å². The molecular weight excluding hydrogens is 238 g/mol. The second kappa shape index (κ2) is 10.8. The zero-order chi connectivity index (χ0) is 13.8. The number of rotatable bonds is 12. The van der Waals surface area contributed by atoms with Crippen LogP contribution in [0, 0.1) is 0 Å². The van der Waals surface area contributed by atoms with Crippen LogP contribution in [-0.4, -0.2) is 10.2 Å². The summed E-state index contributed by atoms with van der Waals surface area (Å²) in [5.74, 6) is 0.674. The van der Waals surface area contributed by atoms with Gasteiger partial charge < -0.3 is 10.2 Å². The number of hydrogen-bond acceptors (Lipinski definition) is 4. The number of anilines is 1. The molecule has 0 aromatic carbocycles. The summed E-state index contributed by atoms with van der Waals surface area (Å²) in [4.78, 5) is 0. The minimum Gasteiger partial charge on any atom is -0.408 e. The van der Waals surface area contributed by atoms with Crippen LogP contribution in [-0.2, 0) is 6.42 Å². The molecule has 0 radical (unpaired) electrons. The van der Waals surface area contributed by atoms with Crippen molar-refractivity contribution in [2.24, 2.45) is 0 Å². The van der Waals surface area contributed by atoms with Crippen LogP contribution in [0.1, 0.15) is 83.4 Å². The SMILES string of the molecule is CCCCCCCCCCCCCc1nnc(N)o1. The Balaban J connectivity index is 1.79. The van der Waals surface area contributed by atoms with Crippen LogP contribution >= 0.6 is 0 Å². The van der Waals surface area contributed by atoms with E-state index in [4.69, 9.17) is 10.2 Å². The number of nitrogen functional groups attached to an aromatic ring is 1. The zero-order valence-corrected chi connectivity index (χ0v) is 12.4. The molecule has 0 amide bonds. The van der Waals surface area contributed by atoms with Crippen LogP contribution in [0.4, 0.5) is 6.01 Å². The Labute approximate surface area is 117 Å². The summed E-state index contributed by atoms with van der Waals surface area (Å²) in [6.07, 6.45) is 15.7. The predicted molar refractivity (Wildman–Crippen MR) is 78.9 cm³/mol. The fourth-order valence-electron chi connectivity index (χ4n) is 2.31. The van der Waals surface area contributed by atoms with Gasteiger partial charge in [0.1, 0.15) is 0 Å². The predicted octanol–water partition coefficient (Wildman–Crippen LogP) is 4.51. The molecule has 0 atom stereocenters. The first-order valence-corrected chi connectivity index (χ1v) is 7.90. The normalized spacial score (nSPS) is 11.0. The van der Waals surface area contributed by atoms with Gasteiger partial charge in [-0.25, -0.2) is 0 Å². The van der Waals surface area contributed by atoms with Crippen molar-refractivity contribution in [1.82, 2.24) is 10.2 Å². The number of aromatic nitrogens is 2. The third-order valence-electron chi connectivity index (χ3n) is 3.48. The molecule has 0 unspecified atom stereocenters. The molecule has 1 aromatic heterocycles. The minimum absolute atomic E-state index is 0.179. The number of hydrogen-bond donors (Lipinski definition) is 1. The van der Waals surface area contributed by atoms with Gasteiger partial charge in [0.25, 0.3) is 0 Å². The number of aryl methyl sites for hydroxylation is 1. The summed E-state index contributed by atoms with van der Waals surface area (Å²) in [5, 5.41) is 7.50. The van der Waals surface area contributed by atoms with Crippen LogP contribution in [0.2, 0.25) is 0 Å². The number of nitrogens with two attached hydrogens (primary N) is 1. The van der Waals surface area contributed by atoms with Gasteiger partial charge in [-0.15, -0.1) is 5.10 Å². The van der Waals surface area contributed by atoms with Crippen molar-refractivity contribution in [1.29, 1.82) is 0 Å². The van der Waals surface area contributed by atoms with Gasteiger partial charge in [0.15, 0.2) is 0 Å². The Bertz CT molecular complexity index is 312. The molecule has 110 valence electrons. The van der Waals surface area contributed by atoms with E-state index in [1.807, 2.05) is 0 Å². The molecule has 0 spiro atoms. The summed E-state index contributed by atoms with van der Waals surface area (Å²) in [6.45, 7) is 2.27. The molecule has 1 rings (SSSR count). The third kappa shape index (κ3) is 8.62. The second-order valence-corrected chi connectivity index (χ2v) is 5.32. The Morgan fingerprint density at radius 3 is 1.79 bits per heavy atom. The summed E-state index contributed by atoms with van der Waals surface area (Å²) < 4.78 is 5.13. The highest BCUT2D eigenvalue weighted by Crippen LogP contribution is 2.12.